The highest BCUT2D eigenvalue weighted by Gasteiger charge is 2.42. The number of aliphatic hydroxyl groups excluding tert-OH is 5. The summed E-state index contributed by atoms with van der Waals surface area (Å²) in [7, 11) is 0. The maximum atomic E-state index is 11.2. The molecule has 0 saturated carbocycles. The van der Waals surface area contributed by atoms with Crippen LogP contribution in [0.3, 0.4) is 0 Å². The molecule has 1 fully saturated rings. The second-order valence-corrected chi connectivity index (χ2v) is 10.2. The fraction of sp³-hybridized carbons (Fsp3) is 0.321. The molecule has 2 aliphatic rings. The first-order valence-electron chi connectivity index (χ1n) is 12.8. The number of ether oxygens (including phenoxy) is 1. The van der Waals surface area contributed by atoms with E-state index in [2.05, 4.69) is 26.3 Å². The van der Waals surface area contributed by atoms with E-state index in [1.807, 2.05) is 36.4 Å². The maximum Gasteiger partial charge on any atom is 0.167 e. The summed E-state index contributed by atoms with van der Waals surface area (Å²) in [6, 6.07) is 14.9. The van der Waals surface area contributed by atoms with Crippen molar-refractivity contribution in [1.29, 1.82) is 0 Å². The van der Waals surface area contributed by atoms with Gasteiger partial charge in [-0.1, -0.05) is 36.4 Å². The Morgan fingerprint density at radius 3 is 2.49 bits per heavy atom. The number of rotatable bonds is 4. The van der Waals surface area contributed by atoms with Gasteiger partial charge in [-0.3, -0.25) is 4.57 Å². The predicted octanol–water partition coefficient (Wildman–Crippen LogP) is 1.70. The van der Waals surface area contributed by atoms with Crippen molar-refractivity contribution in [3.05, 3.63) is 72.3 Å². The number of fused-ring (bicyclic) bond motifs is 5. The molecule has 0 bridgehead atoms. The van der Waals surface area contributed by atoms with Crippen molar-refractivity contribution in [2.75, 3.05) is 11.9 Å². The minimum atomic E-state index is -1.42. The van der Waals surface area contributed by atoms with Gasteiger partial charge < -0.3 is 35.6 Å². The van der Waals surface area contributed by atoms with E-state index < -0.39 is 42.8 Å². The first kappa shape index (κ1) is 24.3. The van der Waals surface area contributed by atoms with Gasteiger partial charge in [0.25, 0.3) is 0 Å². The molecule has 1 aliphatic carbocycles. The Hall–Kier alpha value is -3.71. The van der Waals surface area contributed by atoms with Crippen LogP contribution in [0.2, 0.25) is 0 Å². The summed E-state index contributed by atoms with van der Waals surface area (Å²) in [5.41, 5.74) is 2.04. The number of imidazole rings is 1. The largest absolute Gasteiger partial charge is 0.394 e. The van der Waals surface area contributed by atoms with Crippen LogP contribution in [0.25, 0.3) is 32.7 Å². The van der Waals surface area contributed by atoms with Gasteiger partial charge >= 0.3 is 0 Å². The van der Waals surface area contributed by atoms with Gasteiger partial charge in [0.2, 0.25) is 0 Å². The molecule has 0 radical (unpaired) electrons. The molecule has 3 aromatic carbocycles. The molecule has 6 N–H and O–H groups in total. The number of nitrogens with zero attached hydrogens (tertiary/aromatic N) is 4. The van der Waals surface area contributed by atoms with E-state index in [9.17, 15) is 25.5 Å². The van der Waals surface area contributed by atoms with Crippen molar-refractivity contribution in [3.8, 4) is 0 Å². The SMILES string of the molecule is OC[C@H]1O[C@@H](n2cnc3c(N[C@@H]4c5c(ccc6cc7ccccc7cc56)[C@H](O)[C@@H](O)[C@H]4O)ncnc32)C[C@@H]1O. The highest BCUT2D eigenvalue weighted by molar-refractivity contribution is 6.00. The van der Waals surface area contributed by atoms with E-state index in [1.54, 1.807) is 10.6 Å². The van der Waals surface area contributed by atoms with Crippen LogP contribution in [0, 0.1) is 0 Å². The van der Waals surface area contributed by atoms with E-state index in [-0.39, 0.29) is 13.0 Å². The van der Waals surface area contributed by atoms with Gasteiger partial charge in [0.15, 0.2) is 17.0 Å². The van der Waals surface area contributed by atoms with E-state index >= 15 is 0 Å². The summed E-state index contributed by atoms with van der Waals surface area (Å²) in [6.07, 6.45) is -2.97. The summed E-state index contributed by atoms with van der Waals surface area (Å²) in [5.74, 6) is 0.326. The van der Waals surface area contributed by atoms with Crippen LogP contribution in [0.5, 0.6) is 0 Å². The lowest BCUT2D eigenvalue weighted by Crippen LogP contribution is -2.44. The minimum absolute atomic E-state index is 0.266. The van der Waals surface area contributed by atoms with Gasteiger partial charge in [0, 0.05) is 6.42 Å². The Morgan fingerprint density at radius 2 is 1.72 bits per heavy atom. The zero-order valence-electron chi connectivity index (χ0n) is 20.7. The van der Waals surface area contributed by atoms with Crippen LogP contribution in [0.15, 0.2) is 61.2 Å². The molecule has 7 rings (SSSR count). The smallest absolute Gasteiger partial charge is 0.167 e. The monoisotopic (exact) mass is 529 g/mol. The van der Waals surface area contributed by atoms with Gasteiger partial charge in [-0.15, -0.1) is 0 Å². The number of nitrogens with one attached hydrogen (secondary N) is 1. The third-order valence-electron chi connectivity index (χ3n) is 7.95. The Balaban J connectivity index is 1.34. The maximum absolute atomic E-state index is 11.2. The van der Waals surface area contributed by atoms with Gasteiger partial charge in [-0.05, 0) is 44.8 Å². The van der Waals surface area contributed by atoms with E-state index in [0.29, 0.717) is 28.1 Å². The van der Waals surface area contributed by atoms with Crippen LogP contribution < -0.4 is 5.32 Å². The molecule has 200 valence electrons. The average molecular weight is 530 g/mol. The quantitative estimate of drug-likeness (QED) is 0.189. The molecule has 39 heavy (non-hydrogen) atoms. The minimum Gasteiger partial charge on any atom is -0.394 e. The van der Waals surface area contributed by atoms with Crippen molar-refractivity contribution in [2.45, 2.75) is 49.2 Å². The van der Waals surface area contributed by atoms with Gasteiger partial charge in [-0.2, -0.15) is 0 Å². The lowest BCUT2D eigenvalue weighted by molar-refractivity contribution is -0.0766. The molecule has 0 spiro atoms. The molecule has 2 aromatic heterocycles. The van der Waals surface area contributed by atoms with Crippen LogP contribution in [0.1, 0.15) is 35.9 Å². The molecular formula is C28H27N5O6. The van der Waals surface area contributed by atoms with E-state index in [1.165, 1.54) is 12.7 Å². The summed E-state index contributed by atoms with van der Waals surface area (Å²) >= 11 is 0. The molecule has 1 saturated heterocycles. The van der Waals surface area contributed by atoms with Crippen molar-refractivity contribution in [1.82, 2.24) is 19.5 Å². The summed E-state index contributed by atoms with van der Waals surface area (Å²) in [6.45, 7) is -0.303. The van der Waals surface area contributed by atoms with Crippen LogP contribution in [-0.4, -0.2) is 76.1 Å². The number of aromatic nitrogens is 4. The van der Waals surface area contributed by atoms with Crippen LogP contribution in [-0.2, 0) is 4.74 Å². The van der Waals surface area contributed by atoms with Crippen molar-refractivity contribution < 1.29 is 30.3 Å². The predicted molar refractivity (Wildman–Crippen MR) is 142 cm³/mol. The Labute approximate surface area is 222 Å². The number of hydrogen-bond donors (Lipinski definition) is 6. The summed E-state index contributed by atoms with van der Waals surface area (Å²) in [4.78, 5) is 13.2. The van der Waals surface area contributed by atoms with E-state index in [4.69, 9.17) is 4.74 Å². The van der Waals surface area contributed by atoms with Crippen molar-refractivity contribution in [2.24, 2.45) is 0 Å². The van der Waals surface area contributed by atoms with Crippen LogP contribution in [0.4, 0.5) is 5.82 Å². The first-order valence-corrected chi connectivity index (χ1v) is 12.8. The molecular weight excluding hydrogens is 502 g/mol. The molecule has 0 unspecified atom stereocenters. The average Bonchev–Trinajstić information content (AvgIpc) is 3.56. The summed E-state index contributed by atoms with van der Waals surface area (Å²) in [5, 5.41) is 59.6. The first-order chi connectivity index (χ1) is 18.9. The van der Waals surface area contributed by atoms with Crippen molar-refractivity contribution >= 4 is 38.5 Å². The fourth-order valence-corrected chi connectivity index (χ4v) is 5.92. The highest BCUT2D eigenvalue weighted by Crippen LogP contribution is 2.43. The standard InChI is InChI=1S/C28H27N5O6/c34-10-19-18(35)9-20(39-19)33-12-31-23-27(29-11-30-28(23)33)32-22-21-16(24(36)26(38)25(22)37)6-5-15-7-13-3-1-2-4-14(13)8-17(15)21/h1-8,11-12,18-20,22,24-26,34-38H,9-10H2,(H,29,30,32)/t18-,19+,20+,22+,24-,25-,26+/m0/s1. The Kier molecular flexibility index (Phi) is 5.74. The molecule has 7 atom stereocenters. The number of hydrogen-bond acceptors (Lipinski definition) is 10. The third-order valence-corrected chi connectivity index (χ3v) is 7.95. The molecule has 3 heterocycles. The molecule has 11 heteroatoms. The molecule has 0 amide bonds. The number of benzene rings is 3. The zero-order valence-corrected chi connectivity index (χ0v) is 20.7. The number of anilines is 1. The second kappa shape index (κ2) is 9.19. The Bertz CT molecular complexity index is 1710. The molecule has 1 aliphatic heterocycles. The normalized spacial score (nSPS) is 28.8. The van der Waals surface area contributed by atoms with Crippen LogP contribution >= 0.6 is 0 Å². The third kappa shape index (κ3) is 3.78. The van der Waals surface area contributed by atoms with Gasteiger partial charge in [0.05, 0.1) is 25.1 Å². The Morgan fingerprint density at radius 1 is 0.923 bits per heavy atom. The highest BCUT2D eigenvalue weighted by atomic mass is 16.5. The topological polar surface area (TPSA) is 166 Å². The van der Waals surface area contributed by atoms with Gasteiger partial charge in [0.1, 0.15) is 37.0 Å². The zero-order chi connectivity index (χ0) is 26.8. The van der Waals surface area contributed by atoms with Gasteiger partial charge in [-0.25, -0.2) is 15.0 Å². The van der Waals surface area contributed by atoms with E-state index in [0.717, 1.165) is 21.5 Å². The van der Waals surface area contributed by atoms with Crippen molar-refractivity contribution in [3.63, 3.8) is 0 Å². The second-order valence-electron chi connectivity index (χ2n) is 10.2. The fourth-order valence-electron chi connectivity index (χ4n) is 5.92. The molecule has 5 aromatic rings. The number of aliphatic hydroxyl groups is 5. The lowest BCUT2D eigenvalue weighted by atomic mass is 9.79. The molecule has 11 nitrogen and oxygen atoms in total. The lowest BCUT2D eigenvalue weighted by Gasteiger charge is -2.38. The summed E-state index contributed by atoms with van der Waals surface area (Å²) < 4.78 is 7.45.